The smallest absolute Gasteiger partial charge is 0.267 e. The highest BCUT2D eigenvalue weighted by Crippen LogP contribution is 2.24. The fourth-order valence-corrected chi connectivity index (χ4v) is 4.39. The Bertz CT molecular complexity index is 1370. The molecule has 0 aliphatic carbocycles. The van der Waals surface area contributed by atoms with E-state index >= 15 is 0 Å². The Morgan fingerprint density at radius 1 is 1.15 bits per heavy atom. The zero-order chi connectivity index (χ0) is 23.5. The van der Waals surface area contributed by atoms with Crippen molar-refractivity contribution in [1.29, 1.82) is 0 Å². The molecule has 6 nitrogen and oxygen atoms in total. The zero-order valence-electron chi connectivity index (χ0n) is 18.5. The Kier molecular flexibility index (Phi) is 6.55. The van der Waals surface area contributed by atoms with Crippen LogP contribution in [0.15, 0.2) is 76.8 Å². The van der Waals surface area contributed by atoms with Crippen molar-refractivity contribution in [3.63, 3.8) is 0 Å². The number of carbonyl (C=O) groups excluding carboxylic acids is 1. The fraction of sp³-hybridized carbons (Fsp3) is 0.200. The van der Waals surface area contributed by atoms with Gasteiger partial charge in [-0.2, -0.15) is 0 Å². The number of aromatic nitrogens is 3. The van der Waals surface area contributed by atoms with E-state index < -0.39 is 0 Å². The number of thioether (sulfide) groups is 1. The molecule has 1 unspecified atom stereocenters. The van der Waals surface area contributed by atoms with Crippen LogP contribution in [0.5, 0.6) is 0 Å². The number of hydrogen-bond acceptors (Lipinski definition) is 5. The molecule has 4 aromatic rings. The van der Waals surface area contributed by atoms with E-state index in [9.17, 15) is 14.0 Å². The first-order chi connectivity index (χ1) is 15.8. The van der Waals surface area contributed by atoms with Gasteiger partial charge in [-0.3, -0.25) is 9.59 Å². The SMILES string of the molecule is Cc1ccnc(-n2c(SCC(=O)N(C)C(C)c3ccc(F)cc3)nc3ccccc3c2=O)c1. The molecule has 2 aromatic carbocycles. The number of aryl methyl sites for hydroxylation is 1. The lowest BCUT2D eigenvalue weighted by atomic mass is 10.1. The number of rotatable bonds is 6. The molecule has 168 valence electrons. The molecule has 2 heterocycles. The van der Waals surface area contributed by atoms with E-state index in [1.54, 1.807) is 48.5 Å². The summed E-state index contributed by atoms with van der Waals surface area (Å²) in [5.41, 5.74) is 2.12. The molecule has 2 aromatic heterocycles. The van der Waals surface area contributed by atoms with Gasteiger partial charge in [0, 0.05) is 13.2 Å². The number of halogens is 1. The summed E-state index contributed by atoms with van der Waals surface area (Å²) in [4.78, 5) is 36.9. The average Bonchev–Trinajstić information content (AvgIpc) is 2.82. The molecule has 8 heteroatoms. The Balaban J connectivity index is 1.64. The molecule has 0 aliphatic heterocycles. The minimum Gasteiger partial charge on any atom is -0.338 e. The molecule has 33 heavy (non-hydrogen) atoms. The highest BCUT2D eigenvalue weighted by atomic mass is 32.2. The van der Waals surface area contributed by atoms with Crippen molar-refractivity contribution in [2.24, 2.45) is 0 Å². The number of nitrogens with zero attached hydrogens (tertiary/aromatic N) is 4. The predicted molar refractivity (Wildman–Crippen MR) is 128 cm³/mol. The van der Waals surface area contributed by atoms with Crippen LogP contribution in [0.1, 0.15) is 24.1 Å². The van der Waals surface area contributed by atoms with E-state index in [2.05, 4.69) is 9.97 Å². The van der Waals surface area contributed by atoms with Crippen LogP contribution in [0.25, 0.3) is 16.7 Å². The van der Waals surface area contributed by atoms with Gasteiger partial charge in [0.25, 0.3) is 5.56 Å². The molecule has 0 radical (unpaired) electrons. The Morgan fingerprint density at radius 3 is 2.61 bits per heavy atom. The summed E-state index contributed by atoms with van der Waals surface area (Å²) < 4.78 is 14.7. The first-order valence-corrected chi connectivity index (χ1v) is 11.4. The number of hydrogen-bond donors (Lipinski definition) is 0. The molecule has 0 N–H and O–H groups in total. The second-order valence-corrected chi connectivity index (χ2v) is 8.71. The highest BCUT2D eigenvalue weighted by Gasteiger charge is 2.20. The lowest BCUT2D eigenvalue weighted by Crippen LogP contribution is -2.31. The average molecular weight is 463 g/mol. The molecule has 1 atom stereocenters. The molecule has 1 amide bonds. The molecular formula is C25H23FN4O2S. The largest absolute Gasteiger partial charge is 0.338 e. The second kappa shape index (κ2) is 9.54. The van der Waals surface area contributed by atoms with Crippen LogP contribution in [0.4, 0.5) is 4.39 Å². The van der Waals surface area contributed by atoms with Crippen molar-refractivity contribution >= 4 is 28.6 Å². The first kappa shape index (κ1) is 22.7. The van der Waals surface area contributed by atoms with E-state index in [1.165, 1.54) is 28.5 Å². The fourth-order valence-electron chi connectivity index (χ4n) is 3.46. The van der Waals surface area contributed by atoms with Crippen LogP contribution in [0, 0.1) is 12.7 Å². The quantitative estimate of drug-likeness (QED) is 0.311. The maximum absolute atomic E-state index is 13.3. The maximum atomic E-state index is 13.3. The molecule has 0 fully saturated rings. The lowest BCUT2D eigenvalue weighted by molar-refractivity contribution is -0.128. The number of benzene rings is 2. The van der Waals surface area contributed by atoms with Crippen LogP contribution in [-0.2, 0) is 4.79 Å². The minimum absolute atomic E-state index is 0.0820. The van der Waals surface area contributed by atoms with Gasteiger partial charge in [-0.05, 0) is 61.4 Å². The molecule has 0 spiro atoms. The van der Waals surface area contributed by atoms with Crippen molar-refractivity contribution in [3.8, 4) is 5.82 Å². The topological polar surface area (TPSA) is 68.1 Å². The molecule has 0 aliphatic rings. The summed E-state index contributed by atoms with van der Waals surface area (Å²) in [7, 11) is 1.71. The van der Waals surface area contributed by atoms with E-state index in [-0.39, 0.29) is 29.1 Å². The van der Waals surface area contributed by atoms with E-state index in [4.69, 9.17) is 0 Å². The zero-order valence-corrected chi connectivity index (χ0v) is 19.3. The number of amides is 1. The molecule has 4 rings (SSSR count). The van der Waals surface area contributed by atoms with Gasteiger partial charge in [-0.15, -0.1) is 0 Å². The third kappa shape index (κ3) is 4.80. The standard InChI is InChI=1S/C25H23FN4O2S/c1-16-12-13-27-22(14-16)30-24(32)20-6-4-5-7-21(20)28-25(30)33-15-23(31)29(3)17(2)18-8-10-19(26)11-9-18/h4-14,17H,15H2,1-3H3. The summed E-state index contributed by atoms with van der Waals surface area (Å²) in [6, 6.07) is 16.7. The van der Waals surface area contributed by atoms with Gasteiger partial charge in [0.15, 0.2) is 5.16 Å². The van der Waals surface area contributed by atoms with Crippen molar-refractivity contribution in [2.45, 2.75) is 25.0 Å². The summed E-state index contributed by atoms with van der Waals surface area (Å²) in [5.74, 6) is 0.0864. The maximum Gasteiger partial charge on any atom is 0.267 e. The van der Waals surface area contributed by atoms with Crippen LogP contribution >= 0.6 is 11.8 Å². The Hall–Kier alpha value is -3.52. The highest BCUT2D eigenvalue weighted by molar-refractivity contribution is 7.99. The van der Waals surface area contributed by atoms with Gasteiger partial charge in [0.1, 0.15) is 11.6 Å². The van der Waals surface area contributed by atoms with Crippen LogP contribution in [0.2, 0.25) is 0 Å². The Morgan fingerprint density at radius 2 is 1.88 bits per heavy atom. The van der Waals surface area contributed by atoms with Crippen LogP contribution < -0.4 is 5.56 Å². The van der Waals surface area contributed by atoms with Gasteiger partial charge >= 0.3 is 0 Å². The van der Waals surface area contributed by atoms with E-state index in [0.29, 0.717) is 21.9 Å². The van der Waals surface area contributed by atoms with Gasteiger partial charge < -0.3 is 4.90 Å². The van der Waals surface area contributed by atoms with Crippen molar-refractivity contribution in [2.75, 3.05) is 12.8 Å². The third-order valence-corrected chi connectivity index (χ3v) is 6.45. The molecule has 0 saturated carbocycles. The summed E-state index contributed by atoms with van der Waals surface area (Å²) in [6.07, 6.45) is 1.64. The monoisotopic (exact) mass is 462 g/mol. The first-order valence-electron chi connectivity index (χ1n) is 10.4. The molecule has 0 bridgehead atoms. The predicted octanol–water partition coefficient (Wildman–Crippen LogP) is 4.54. The summed E-state index contributed by atoms with van der Waals surface area (Å²) in [6.45, 7) is 3.81. The van der Waals surface area contributed by atoms with Gasteiger partial charge in [-0.1, -0.05) is 36.0 Å². The summed E-state index contributed by atoms with van der Waals surface area (Å²) in [5, 5.41) is 0.881. The van der Waals surface area contributed by atoms with Gasteiger partial charge in [0.2, 0.25) is 5.91 Å². The van der Waals surface area contributed by atoms with Crippen LogP contribution in [-0.4, -0.2) is 38.1 Å². The second-order valence-electron chi connectivity index (χ2n) is 7.76. The number of para-hydroxylation sites is 1. The molecule has 0 saturated heterocycles. The third-order valence-electron chi connectivity index (χ3n) is 5.53. The normalized spacial score (nSPS) is 12.0. The van der Waals surface area contributed by atoms with Crippen molar-refractivity contribution < 1.29 is 9.18 Å². The Labute approximate surface area is 195 Å². The van der Waals surface area contributed by atoms with Gasteiger partial charge in [0.05, 0.1) is 22.7 Å². The summed E-state index contributed by atoms with van der Waals surface area (Å²) >= 11 is 1.19. The van der Waals surface area contributed by atoms with Crippen molar-refractivity contribution in [3.05, 3.63) is 94.2 Å². The van der Waals surface area contributed by atoms with Gasteiger partial charge in [-0.25, -0.2) is 18.9 Å². The van der Waals surface area contributed by atoms with Crippen LogP contribution in [0.3, 0.4) is 0 Å². The lowest BCUT2D eigenvalue weighted by Gasteiger charge is -2.25. The van der Waals surface area contributed by atoms with E-state index in [0.717, 1.165) is 11.1 Å². The van der Waals surface area contributed by atoms with Crippen molar-refractivity contribution in [1.82, 2.24) is 19.4 Å². The number of fused-ring (bicyclic) bond motifs is 1. The number of pyridine rings is 1. The number of carbonyl (C=O) groups is 1. The van der Waals surface area contributed by atoms with E-state index in [1.807, 2.05) is 32.0 Å². The molecular weight excluding hydrogens is 439 g/mol. The minimum atomic E-state index is -0.319.